The van der Waals surface area contributed by atoms with E-state index in [0.717, 1.165) is 0 Å². The van der Waals surface area contributed by atoms with Crippen molar-refractivity contribution in [2.24, 2.45) is 11.8 Å². The summed E-state index contributed by atoms with van der Waals surface area (Å²) in [5.41, 5.74) is -1.54. The number of hydrogen-bond donors (Lipinski definition) is 6. The minimum atomic E-state index is -1.88. The molecule has 60 heavy (non-hydrogen) atoms. The highest BCUT2D eigenvalue weighted by molar-refractivity contribution is 5.96. The zero-order valence-electron chi connectivity index (χ0n) is 35.8. The molecule has 11 atom stereocenters. The number of rotatable bonds is 11. The Hall–Kier alpha value is -4.44. The van der Waals surface area contributed by atoms with Crippen molar-refractivity contribution >= 4 is 47.4 Å². The Morgan fingerprint density at radius 3 is 2.18 bits per heavy atom. The lowest BCUT2D eigenvalue weighted by molar-refractivity contribution is -0.325. The second-order valence-corrected chi connectivity index (χ2v) is 16.7. The lowest BCUT2D eigenvalue weighted by atomic mass is 9.94. The number of esters is 2. The molecule has 0 spiro atoms. The van der Waals surface area contributed by atoms with Crippen molar-refractivity contribution < 1.29 is 77.7 Å². The summed E-state index contributed by atoms with van der Waals surface area (Å²) >= 11 is 0. The monoisotopic (exact) mass is 857 g/mol. The Morgan fingerprint density at radius 2 is 1.58 bits per heavy atom. The molecule has 0 aromatic carbocycles. The summed E-state index contributed by atoms with van der Waals surface area (Å²) < 4.78 is 22.2. The third-order valence-corrected chi connectivity index (χ3v) is 11.2. The van der Waals surface area contributed by atoms with Gasteiger partial charge in [0.1, 0.15) is 61.6 Å². The van der Waals surface area contributed by atoms with Gasteiger partial charge < -0.3 is 64.7 Å². The molecule has 3 heterocycles. The van der Waals surface area contributed by atoms with E-state index in [4.69, 9.17) is 24.1 Å². The Balaban J connectivity index is 1.97. The fourth-order valence-electron chi connectivity index (χ4n) is 7.39. The average molecular weight is 858 g/mol. The fourth-order valence-corrected chi connectivity index (χ4v) is 7.39. The molecule has 0 aliphatic carbocycles. The summed E-state index contributed by atoms with van der Waals surface area (Å²) in [5.74, 6) is -7.42. The molecule has 0 saturated carbocycles. The normalized spacial score (nSPS) is 31.4. The van der Waals surface area contributed by atoms with E-state index >= 15 is 0 Å². The van der Waals surface area contributed by atoms with E-state index in [0.29, 0.717) is 12.8 Å². The van der Waals surface area contributed by atoms with Crippen LogP contribution in [-0.4, -0.2) is 183 Å². The van der Waals surface area contributed by atoms with Crippen LogP contribution in [0.5, 0.6) is 0 Å². The number of ether oxygens (including phenoxy) is 4. The van der Waals surface area contributed by atoms with Crippen LogP contribution in [0.1, 0.15) is 87.0 Å². The zero-order valence-corrected chi connectivity index (χ0v) is 35.8. The number of aliphatic hydroxyl groups is 3. The second-order valence-electron chi connectivity index (χ2n) is 16.7. The number of carboxylic acid groups (broad SMARTS) is 1. The predicted octanol–water partition coefficient (Wildman–Crippen LogP) is -1.72. The van der Waals surface area contributed by atoms with Crippen molar-refractivity contribution in [3.8, 4) is 0 Å². The standard InChI is InChI=1S/C39H63N5O16/c1-10-20(4)28-36(55)43(9)29(19(2)3)37(56)42(8)21(5)33(52)40-14-13-26(47)58-23(35(54)44-15-11-12-22(44)34(53)41-28)17-39(6,7)60-38-32(51)31(50)30(49)24(59-38)18-57-27(48)16-25(45)46/h19-24,28-32,38,49-51H,10-18H2,1-9H3,(H,40,52)(H,41,53)(H,45,46). The highest BCUT2D eigenvalue weighted by atomic mass is 16.7. The van der Waals surface area contributed by atoms with E-state index in [1.165, 1.54) is 49.6 Å². The second kappa shape index (κ2) is 21.4. The van der Waals surface area contributed by atoms with Gasteiger partial charge in [-0.25, -0.2) is 0 Å². The van der Waals surface area contributed by atoms with Gasteiger partial charge in [-0.15, -0.1) is 0 Å². The summed E-state index contributed by atoms with van der Waals surface area (Å²) in [6.07, 6.45) is -11.1. The molecule has 0 aromatic heterocycles. The van der Waals surface area contributed by atoms with Gasteiger partial charge in [0.2, 0.25) is 23.6 Å². The van der Waals surface area contributed by atoms with Crippen LogP contribution in [0, 0.1) is 11.8 Å². The highest BCUT2D eigenvalue weighted by Gasteiger charge is 2.49. The van der Waals surface area contributed by atoms with Crippen LogP contribution in [0.15, 0.2) is 0 Å². The number of nitrogens with zero attached hydrogens (tertiary/aromatic N) is 3. The number of carboxylic acids is 1. The van der Waals surface area contributed by atoms with E-state index in [2.05, 4.69) is 10.6 Å². The third kappa shape index (κ3) is 12.6. The van der Waals surface area contributed by atoms with Crippen molar-refractivity contribution in [1.82, 2.24) is 25.3 Å². The van der Waals surface area contributed by atoms with Crippen molar-refractivity contribution in [2.75, 3.05) is 33.8 Å². The highest BCUT2D eigenvalue weighted by Crippen LogP contribution is 2.31. The van der Waals surface area contributed by atoms with Crippen LogP contribution in [0.25, 0.3) is 0 Å². The molecule has 3 fully saturated rings. The molecule has 21 nitrogen and oxygen atoms in total. The fraction of sp³-hybridized carbons (Fsp3) is 0.795. The van der Waals surface area contributed by atoms with Gasteiger partial charge >= 0.3 is 17.9 Å². The van der Waals surface area contributed by atoms with Gasteiger partial charge in [0.25, 0.3) is 5.91 Å². The molecule has 0 aromatic rings. The van der Waals surface area contributed by atoms with Gasteiger partial charge in [-0.05, 0) is 45.4 Å². The van der Waals surface area contributed by atoms with Gasteiger partial charge in [-0.1, -0.05) is 34.1 Å². The van der Waals surface area contributed by atoms with E-state index in [9.17, 15) is 53.7 Å². The molecular weight excluding hydrogens is 794 g/mol. The molecule has 5 amide bonds. The number of carbonyl (C=O) groups excluding carboxylic acids is 7. The molecule has 21 heteroatoms. The number of nitrogens with one attached hydrogen (secondary N) is 2. The molecule has 0 bridgehead atoms. The van der Waals surface area contributed by atoms with Gasteiger partial charge in [-0.2, -0.15) is 0 Å². The van der Waals surface area contributed by atoms with Gasteiger partial charge in [0.05, 0.1) is 12.0 Å². The maximum atomic E-state index is 14.4. The number of hydrogen-bond acceptors (Lipinski definition) is 15. The van der Waals surface area contributed by atoms with E-state index in [-0.39, 0.29) is 19.5 Å². The van der Waals surface area contributed by atoms with Crippen LogP contribution >= 0.6 is 0 Å². The minimum absolute atomic E-state index is 0.0785. The number of likely N-dealkylation sites (N-methyl/N-ethyl adjacent to an activating group) is 2. The van der Waals surface area contributed by atoms with Gasteiger partial charge in [-0.3, -0.25) is 38.4 Å². The number of cyclic esters (lactones) is 1. The molecule has 3 aliphatic rings. The van der Waals surface area contributed by atoms with Crippen LogP contribution < -0.4 is 10.6 Å². The topological polar surface area (TPSA) is 288 Å². The quantitative estimate of drug-likeness (QED) is 0.0996. The Bertz CT molecular complexity index is 1590. The summed E-state index contributed by atoms with van der Waals surface area (Å²) in [7, 11) is 2.89. The molecular formula is C39H63N5O16. The molecule has 0 radical (unpaired) electrons. The van der Waals surface area contributed by atoms with Gasteiger partial charge in [0, 0.05) is 33.6 Å². The Labute approximate surface area is 349 Å². The van der Waals surface area contributed by atoms with Crippen molar-refractivity contribution in [3.63, 3.8) is 0 Å². The van der Waals surface area contributed by atoms with E-state index in [1.807, 2.05) is 6.92 Å². The summed E-state index contributed by atoms with van der Waals surface area (Å²) in [5, 5.41) is 46.1. The maximum Gasteiger partial charge on any atom is 0.317 e. The number of aliphatic carboxylic acids is 1. The maximum absolute atomic E-state index is 14.4. The number of aliphatic hydroxyl groups excluding tert-OH is 3. The van der Waals surface area contributed by atoms with Crippen LogP contribution in [0.4, 0.5) is 0 Å². The average Bonchev–Trinajstić information content (AvgIpc) is 3.67. The molecule has 6 N–H and O–H groups in total. The van der Waals surface area contributed by atoms with Crippen molar-refractivity contribution in [1.29, 1.82) is 0 Å². The van der Waals surface area contributed by atoms with Crippen LogP contribution in [-0.2, 0) is 57.3 Å². The molecule has 3 rings (SSSR count). The molecule has 340 valence electrons. The largest absolute Gasteiger partial charge is 0.481 e. The van der Waals surface area contributed by atoms with E-state index < -0.39 is 152 Å². The first-order valence-electron chi connectivity index (χ1n) is 20.3. The first-order chi connectivity index (χ1) is 27.9. The SMILES string of the molecule is CCC(C)C1NC(=O)C2CCCN2C(=O)C(CC(C)(C)OC2OC(COC(=O)CC(=O)O)C(O)C(O)C2O)OC(=O)CCNC(=O)C(C)N(C)C(=O)C(C(C)C)N(C)C1=O. The lowest BCUT2D eigenvalue weighted by Gasteiger charge is -2.43. The Kier molecular flexibility index (Phi) is 17.8. The number of amides is 5. The first kappa shape index (κ1) is 49.9. The van der Waals surface area contributed by atoms with E-state index in [1.54, 1.807) is 20.8 Å². The minimum Gasteiger partial charge on any atom is -0.481 e. The van der Waals surface area contributed by atoms with Crippen LogP contribution in [0.2, 0.25) is 0 Å². The third-order valence-electron chi connectivity index (χ3n) is 11.2. The van der Waals surface area contributed by atoms with Crippen LogP contribution in [0.3, 0.4) is 0 Å². The van der Waals surface area contributed by atoms with Gasteiger partial charge in [0.15, 0.2) is 12.4 Å². The summed E-state index contributed by atoms with van der Waals surface area (Å²) in [4.78, 5) is 110. The zero-order chi connectivity index (χ0) is 45.4. The van der Waals surface area contributed by atoms with Crippen molar-refractivity contribution in [3.05, 3.63) is 0 Å². The molecule has 11 unspecified atom stereocenters. The molecule has 3 aliphatic heterocycles. The smallest absolute Gasteiger partial charge is 0.317 e. The number of carbonyl (C=O) groups is 8. The predicted molar refractivity (Wildman–Crippen MR) is 207 cm³/mol. The first-order valence-corrected chi connectivity index (χ1v) is 20.3. The lowest BCUT2D eigenvalue weighted by Crippen LogP contribution is -2.61. The molecule has 3 saturated heterocycles. The Morgan fingerprint density at radius 1 is 0.933 bits per heavy atom. The number of fused-ring (bicyclic) bond motifs is 1. The van der Waals surface area contributed by atoms with Crippen molar-refractivity contribution in [2.45, 2.75) is 154 Å². The summed E-state index contributed by atoms with van der Waals surface area (Å²) in [6.45, 7) is 10.6. The summed E-state index contributed by atoms with van der Waals surface area (Å²) in [6, 6.07) is -4.23.